The molecule has 1 N–H and O–H groups in total. The van der Waals surface area contributed by atoms with E-state index in [1.165, 1.54) is 0 Å². The van der Waals surface area contributed by atoms with Gasteiger partial charge in [-0.05, 0) is 11.8 Å². The van der Waals surface area contributed by atoms with Gasteiger partial charge in [0.25, 0.3) is 0 Å². The number of nitrogens with one attached hydrogen (secondary N) is 1. The SMILES string of the molecule is COCCNCC(Cl)CC(C)(C)C. The van der Waals surface area contributed by atoms with Gasteiger partial charge in [-0.2, -0.15) is 0 Å². The molecule has 0 saturated carbocycles. The smallest absolute Gasteiger partial charge is 0.0587 e. The molecule has 1 unspecified atom stereocenters. The molecular weight excluding hydrogens is 186 g/mol. The van der Waals surface area contributed by atoms with Gasteiger partial charge in [-0.25, -0.2) is 0 Å². The van der Waals surface area contributed by atoms with E-state index in [2.05, 4.69) is 26.1 Å². The van der Waals surface area contributed by atoms with E-state index >= 15 is 0 Å². The van der Waals surface area contributed by atoms with Crippen LogP contribution in [0.3, 0.4) is 0 Å². The normalized spacial score (nSPS) is 14.5. The molecule has 0 heterocycles. The second kappa shape index (κ2) is 6.63. The van der Waals surface area contributed by atoms with Crippen molar-refractivity contribution in [3.05, 3.63) is 0 Å². The molecule has 1 atom stereocenters. The fourth-order valence-corrected chi connectivity index (χ4v) is 1.74. The molecule has 0 radical (unpaired) electrons. The van der Waals surface area contributed by atoms with Crippen LogP contribution in [0, 0.1) is 5.41 Å². The molecule has 0 aliphatic rings. The Morgan fingerprint density at radius 3 is 2.46 bits per heavy atom. The minimum absolute atomic E-state index is 0.219. The number of methoxy groups -OCH3 is 1. The first-order valence-electron chi connectivity index (χ1n) is 4.79. The number of hydrogen-bond donors (Lipinski definition) is 1. The summed E-state index contributed by atoms with van der Waals surface area (Å²) >= 11 is 6.14. The summed E-state index contributed by atoms with van der Waals surface area (Å²) in [6, 6.07) is 0. The zero-order valence-electron chi connectivity index (χ0n) is 9.19. The Labute approximate surface area is 87.0 Å². The third-order valence-electron chi connectivity index (χ3n) is 1.68. The van der Waals surface area contributed by atoms with Crippen LogP contribution in [0.4, 0.5) is 0 Å². The fraction of sp³-hybridized carbons (Fsp3) is 1.00. The van der Waals surface area contributed by atoms with E-state index in [0.717, 1.165) is 26.1 Å². The van der Waals surface area contributed by atoms with E-state index in [9.17, 15) is 0 Å². The monoisotopic (exact) mass is 207 g/mol. The lowest BCUT2D eigenvalue weighted by Crippen LogP contribution is -2.29. The van der Waals surface area contributed by atoms with Crippen molar-refractivity contribution < 1.29 is 4.74 Å². The molecule has 13 heavy (non-hydrogen) atoms. The standard InChI is InChI=1S/C10H22ClNO/c1-10(2,3)7-9(11)8-12-5-6-13-4/h9,12H,5-8H2,1-4H3. The zero-order valence-corrected chi connectivity index (χ0v) is 9.95. The lowest BCUT2D eigenvalue weighted by Gasteiger charge is -2.21. The van der Waals surface area contributed by atoms with E-state index in [1.807, 2.05) is 0 Å². The van der Waals surface area contributed by atoms with Crippen molar-refractivity contribution in [1.29, 1.82) is 0 Å². The first-order valence-corrected chi connectivity index (χ1v) is 5.23. The van der Waals surface area contributed by atoms with Crippen LogP contribution in [0.2, 0.25) is 0 Å². The summed E-state index contributed by atoms with van der Waals surface area (Å²) in [6.45, 7) is 9.11. The van der Waals surface area contributed by atoms with Gasteiger partial charge in [0.15, 0.2) is 0 Å². The van der Waals surface area contributed by atoms with E-state index in [-0.39, 0.29) is 5.38 Å². The molecule has 0 rings (SSSR count). The quantitative estimate of drug-likeness (QED) is 0.533. The lowest BCUT2D eigenvalue weighted by atomic mass is 9.90. The fourth-order valence-electron chi connectivity index (χ4n) is 1.17. The summed E-state index contributed by atoms with van der Waals surface area (Å²) in [6.07, 6.45) is 1.04. The number of ether oxygens (including phenoxy) is 1. The van der Waals surface area contributed by atoms with E-state index < -0.39 is 0 Å². The second-order valence-corrected chi connectivity index (χ2v) is 5.18. The molecule has 0 spiro atoms. The second-order valence-electron chi connectivity index (χ2n) is 4.56. The zero-order chi connectivity index (χ0) is 10.3. The molecular formula is C10H22ClNO. The van der Waals surface area contributed by atoms with Crippen molar-refractivity contribution in [3.8, 4) is 0 Å². The third kappa shape index (κ3) is 10.1. The first-order chi connectivity index (χ1) is 5.95. The van der Waals surface area contributed by atoms with Gasteiger partial charge in [0.2, 0.25) is 0 Å². The minimum atomic E-state index is 0.219. The van der Waals surface area contributed by atoms with Gasteiger partial charge in [-0.1, -0.05) is 20.8 Å². The van der Waals surface area contributed by atoms with Crippen LogP contribution >= 0.6 is 11.6 Å². The Bertz CT molecular complexity index is 123. The predicted molar refractivity (Wildman–Crippen MR) is 58.5 cm³/mol. The molecule has 0 saturated heterocycles. The van der Waals surface area contributed by atoms with Crippen LogP contribution < -0.4 is 5.32 Å². The highest BCUT2D eigenvalue weighted by Gasteiger charge is 2.15. The number of rotatable bonds is 6. The predicted octanol–water partition coefficient (Wildman–Crippen LogP) is 2.27. The Morgan fingerprint density at radius 2 is 2.00 bits per heavy atom. The summed E-state index contributed by atoms with van der Waals surface area (Å²) in [5, 5.41) is 3.47. The molecule has 0 aromatic rings. The van der Waals surface area contributed by atoms with Crippen molar-refractivity contribution in [2.45, 2.75) is 32.6 Å². The van der Waals surface area contributed by atoms with Gasteiger partial charge < -0.3 is 10.1 Å². The van der Waals surface area contributed by atoms with Crippen molar-refractivity contribution in [1.82, 2.24) is 5.32 Å². The summed E-state index contributed by atoms with van der Waals surface area (Å²) in [7, 11) is 1.70. The molecule has 0 amide bonds. The van der Waals surface area contributed by atoms with E-state index in [4.69, 9.17) is 16.3 Å². The summed E-state index contributed by atoms with van der Waals surface area (Å²) in [5.74, 6) is 0. The molecule has 0 bridgehead atoms. The highest BCUT2D eigenvalue weighted by molar-refractivity contribution is 6.20. The molecule has 80 valence electrons. The third-order valence-corrected chi connectivity index (χ3v) is 1.99. The summed E-state index contributed by atoms with van der Waals surface area (Å²) < 4.78 is 4.92. The summed E-state index contributed by atoms with van der Waals surface area (Å²) in [4.78, 5) is 0. The molecule has 2 nitrogen and oxygen atoms in total. The van der Waals surface area contributed by atoms with E-state index in [0.29, 0.717) is 5.41 Å². The number of hydrogen-bond acceptors (Lipinski definition) is 2. The van der Waals surface area contributed by atoms with Gasteiger partial charge in [0.05, 0.1) is 6.61 Å². The molecule has 0 aromatic carbocycles. The van der Waals surface area contributed by atoms with Gasteiger partial charge in [-0.3, -0.25) is 0 Å². The minimum Gasteiger partial charge on any atom is -0.383 e. The van der Waals surface area contributed by atoms with Crippen LogP contribution in [-0.4, -0.2) is 32.2 Å². The van der Waals surface area contributed by atoms with Crippen LogP contribution in [0.25, 0.3) is 0 Å². The average molecular weight is 208 g/mol. The topological polar surface area (TPSA) is 21.3 Å². The highest BCUT2D eigenvalue weighted by atomic mass is 35.5. The van der Waals surface area contributed by atoms with Crippen LogP contribution in [0.1, 0.15) is 27.2 Å². The number of alkyl halides is 1. The summed E-state index contributed by atoms with van der Waals surface area (Å²) in [5.41, 5.74) is 0.315. The van der Waals surface area contributed by atoms with Gasteiger partial charge in [0, 0.05) is 25.6 Å². The number of halogens is 1. The van der Waals surface area contributed by atoms with Gasteiger partial charge in [0.1, 0.15) is 0 Å². The van der Waals surface area contributed by atoms with Crippen molar-refractivity contribution in [2.75, 3.05) is 26.8 Å². The van der Waals surface area contributed by atoms with Crippen LogP contribution in [0.15, 0.2) is 0 Å². The van der Waals surface area contributed by atoms with Gasteiger partial charge >= 0.3 is 0 Å². The largest absolute Gasteiger partial charge is 0.383 e. The highest BCUT2D eigenvalue weighted by Crippen LogP contribution is 2.22. The van der Waals surface area contributed by atoms with Crippen molar-refractivity contribution in [3.63, 3.8) is 0 Å². The van der Waals surface area contributed by atoms with Crippen molar-refractivity contribution in [2.24, 2.45) is 5.41 Å². The Balaban J connectivity index is 3.35. The molecule has 3 heteroatoms. The first kappa shape index (κ1) is 13.2. The van der Waals surface area contributed by atoms with Crippen LogP contribution in [-0.2, 0) is 4.74 Å². The average Bonchev–Trinajstić information content (AvgIpc) is 1.94. The Kier molecular flexibility index (Phi) is 6.74. The molecule has 0 aliphatic heterocycles. The van der Waals surface area contributed by atoms with Crippen LogP contribution in [0.5, 0.6) is 0 Å². The lowest BCUT2D eigenvalue weighted by molar-refractivity contribution is 0.199. The Morgan fingerprint density at radius 1 is 1.38 bits per heavy atom. The Hall–Kier alpha value is 0.210. The molecule has 0 aliphatic carbocycles. The maximum atomic E-state index is 6.14. The maximum absolute atomic E-state index is 6.14. The maximum Gasteiger partial charge on any atom is 0.0587 e. The van der Waals surface area contributed by atoms with E-state index in [1.54, 1.807) is 7.11 Å². The van der Waals surface area contributed by atoms with Crippen molar-refractivity contribution >= 4 is 11.6 Å². The molecule has 0 aromatic heterocycles. The van der Waals surface area contributed by atoms with Gasteiger partial charge in [-0.15, -0.1) is 11.6 Å². The molecule has 0 fully saturated rings.